The normalized spacial score (nSPS) is 10.1. The highest BCUT2D eigenvalue weighted by Crippen LogP contribution is 2.29. The molecule has 1 heterocycles. The van der Waals surface area contributed by atoms with Gasteiger partial charge in [0.05, 0.1) is 0 Å². The van der Waals surface area contributed by atoms with Crippen molar-refractivity contribution in [3.8, 4) is 11.1 Å². The van der Waals surface area contributed by atoms with Gasteiger partial charge in [-0.2, -0.15) is 4.91 Å². The van der Waals surface area contributed by atoms with E-state index in [0.29, 0.717) is 5.02 Å². The fraction of sp³-hybridized carbons (Fsp3) is 0.0833. The van der Waals surface area contributed by atoms with E-state index >= 15 is 0 Å². The van der Waals surface area contributed by atoms with Crippen molar-refractivity contribution in [2.75, 3.05) is 0 Å². The SMILES string of the molecule is O=NCc1c(Cl)cccc1-c1ccncc1. The van der Waals surface area contributed by atoms with Crippen LogP contribution >= 0.6 is 11.6 Å². The number of pyridine rings is 1. The molecule has 16 heavy (non-hydrogen) atoms. The fourth-order valence-corrected chi connectivity index (χ4v) is 1.82. The highest BCUT2D eigenvalue weighted by atomic mass is 35.5. The first-order valence-electron chi connectivity index (χ1n) is 4.80. The Hall–Kier alpha value is -1.74. The third-order valence-electron chi connectivity index (χ3n) is 2.33. The number of hydrogen-bond donors (Lipinski definition) is 0. The van der Waals surface area contributed by atoms with E-state index < -0.39 is 0 Å². The topological polar surface area (TPSA) is 42.3 Å². The molecular weight excluding hydrogens is 224 g/mol. The lowest BCUT2D eigenvalue weighted by atomic mass is 10.0. The summed E-state index contributed by atoms with van der Waals surface area (Å²) in [5.41, 5.74) is 2.66. The number of benzene rings is 1. The van der Waals surface area contributed by atoms with Gasteiger partial charge in [-0.25, -0.2) is 0 Å². The third-order valence-corrected chi connectivity index (χ3v) is 2.69. The molecule has 0 unspecified atom stereocenters. The summed E-state index contributed by atoms with van der Waals surface area (Å²) in [6, 6.07) is 9.28. The van der Waals surface area contributed by atoms with Crippen molar-refractivity contribution >= 4 is 11.6 Å². The predicted molar refractivity (Wildman–Crippen MR) is 64.2 cm³/mol. The molecule has 0 amide bonds. The van der Waals surface area contributed by atoms with Crippen LogP contribution in [-0.2, 0) is 6.54 Å². The van der Waals surface area contributed by atoms with Crippen molar-refractivity contribution in [2.24, 2.45) is 5.18 Å². The van der Waals surface area contributed by atoms with Crippen molar-refractivity contribution < 1.29 is 0 Å². The molecule has 0 aliphatic carbocycles. The average molecular weight is 233 g/mol. The summed E-state index contributed by atoms with van der Waals surface area (Å²) >= 11 is 6.04. The number of rotatable bonds is 3. The molecule has 80 valence electrons. The number of nitrogens with zero attached hydrogens (tertiary/aromatic N) is 2. The van der Waals surface area contributed by atoms with Crippen molar-refractivity contribution in [1.29, 1.82) is 0 Å². The molecule has 2 aromatic rings. The Morgan fingerprint density at radius 2 is 1.94 bits per heavy atom. The quantitative estimate of drug-likeness (QED) is 0.758. The maximum Gasteiger partial charge on any atom is 0.108 e. The molecule has 2 rings (SSSR count). The number of nitroso groups, excluding NO2 is 1. The first kappa shape index (κ1) is 10.8. The standard InChI is InChI=1S/C12H9ClN2O/c13-12-3-1-2-10(11(12)8-15-16)9-4-6-14-7-5-9/h1-7H,8H2. The average Bonchev–Trinajstić information content (AvgIpc) is 2.33. The molecule has 3 nitrogen and oxygen atoms in total. The van der Waals surface area contributed by atoms with E-state index in [9.17, 15) is 4.91 Å². The number of hydrogen-bond acceptors (Lipinski definition) is 3. The molecule has 0 radical (unpaired) electrons. The fourth-order valence-electron chi connectivity index (χ4n) is 1.59. The van der Waals surface area contributed by atoms with E-state index in [1.165, 1.54) is 0 Å². The van der Waals surface area contributed by atoms with Crippen LogP contribution in [0, 0.1) is 4.91 Å². The summed E-state index contributed by atoms with van der Waals surface area (Å²) in [4.78, 5) is 14.3. The minimum atomic E-state index is 0.0807. The van der Waals surface area contributed by atoms with Gasteiger partial charge in [0.15, 0.2) is 0 Å². The smallest absolute Gasteiger partial charge is 0.108 e. The van der Waals surface area contributed by atoms with E-state index in [1.54, 1.807) is 18.5 Å². The summed E-state index contributed by atoms with van der Waals surface area (Å²) < 4.78 is 0. The van der Waals surface area contributed by atoms with E-state index in [2.05, 4.69) is 10.2 Å². The second-order valence-corrected chi connectivity index (χ2v) is 3.70. The van der Waals surface area contributed by atoms with Crippen molar-refractivity contribution in [3.63, 3.8) is 0 Å². The van der Waals surface area contributed by atoms with Gasteiger partial charge in [-0.3, -0.25) is 4.98 Å². The number of halogens is 1. The first-order valence-corrected chi connectivity index (χ1v) is 5.17. The van der Waals surface area contributed by atoms with Gasteiger partial charge in [0.2, 0.25) is 0 Å². The van der Waals surface area contributed by atoms with Gasteiger partial charge in [-0.05, 0) is 29.3 Å². The monoisotopic (exact) mass is 232 g/mol. The van der Waals surface area contributed by atoms with Crippen LogP contribution in [-0.4, -0.2) is 4.98 Å². The highest BCUT2D eigenvalue weighted by Gasteiger charge is 2.08. The molecule has 1 aromatic heterocycles. The zero-order valence-corrected chi connectivity index (χ0v) is 9.19. The third kappa shape index (κ3) is 2.09. The zero-order chi connectivity index (χ0) is 11.4. The Balaban J connectivity index is 2.56. The molecule has 4 heteroatoms. The van der Waals surface area contributed by atoms with Crippen LogP contribution in [0.1, 0.15) is 5.56 Å². The van der Waals surface area contributed by atoms with Crippen LogP contribution in [0.25, 0.3) is 11.1 Å². The Morgan fingerprint density at radius 1 is 1.19 bits per heavy atom. The van der Waals surface area contributed by atoms with Crippen molar-refractivity contribution in [1.82, 2.24) is 4.98 Å². The van der Waals surface area contributed by atoms with Gasteiger partial charge in [0, 0.05) is 23.0 Å². The van der Waals surface area contributed by atoms with E-state index in [4.69, 9.17) is 11.6 Å². The zero-order valence-electron chi connectivity index (χ0n) is 8.43. The molecule has 0 spiro atoms. The van der Waals surface area contributed by atoms with Gasteiger partial charge in [-0.15, -0.1) is 0 Å². The molecule has 0 saturated carbocycles. The minimum absolute atomic E-state index is 0.0807. The maximum atomic E-state index is 10.4. The highest BCUT2D eigenvalue weighted by molar-refractivity contribution is 6.31. The lowest BCUT2D eigenvalue weighted by molar-refractivity contribution is 1.06. The lowest BCUT2D eigenvalue weighted by Gasteiger charge is -2.08. The van der Waals surface area contributed by atoms with E-state index in [0.717, 1.165) is 16.7 Å². The lowest BCUT2D eigenvalue weighted by Crippen LogP contribution is -1.89. The van der Waals surface area contributed by atoms with E-state index in [-0.39, 0.29) is 6.54 Å². The van der Waals surface area contributed by atoms with Crippen molar-refractivity contribution in [3.05, 3.63) is 58.2 Å². The Labute approximate surface area is 98.1 Å². The van der Waals surface area contributed by atoms with Crippen LogP contribution < -0.4 is 0 Å². The molecule has 0 saturated heterocycles. The Morgan fingerprint density at radius 3 is 2.62 bits per heavy atom. The second kappa shape index (κ2) is 4.86. The van der Waals surface area contributed by atoms with Crippen LogP contribution in [0.2, 0.25) is 5.02 Å². The molecular formula is C12H9ClN2O. The largest absolute Gasteiger partial charge is 0.265 e. The van der Waals surface area contributed by atoms with Gasteiger partial charge in [0.25, 0.3) is 0 Å². The summed E-state index contributed by atoms with van der Waals surface area (Å²) in [6.07, 6.45) is 3.41. The van der Waals surface area contributed by atoms with Crippen LogP contribution in [0.5, 0.6) is 0 Å². The minimum Gasteiger partial charge on any atom is -0.265 e. The van der Waals surface area contributed by atoms with Gasteiger partial charge >= 0.3 is 0 Å². The van der Waals surface area contributed by atoms with Crippen molar-refractivity contribution in [2.45, 2.75) is 6.54 Å². The first-order chi connectivity index (χ1) is 7.83. The van der Waals surface area contributed by atoms with Crippen LogP contribution in [0.3, 0.4) is 0 Å². The summed E-state index contributed by atoms with van der Waals surface area (Å²) in [7, 11) is 0. The van der Waals surface area contributed by atoms with Crippen LogP contribution in [0.15, 0.2) is 47.9 Å². The molecule has 0 atom stereocenters. The van der Waals surface area contributed by atoms with E-state index in [1.807, 2.05) is 24.3 Å². The molecule has 1 aromatic carbocycles. The molecule has 0 aliphatic heterocycles. The van der Waals surface area contributed by atoms with Gasteiger partial charge in [-0.1, -0.05) is 28.9 Å². The molecule has 0 bridgehead atoms. The molecule has 0 aliphatic rings. The molecule has 0 N–H and O–H groups in total. The predicted octanol–water partition coefficient (Wildman–Crippen LogP) is 3.67. The van der Waals surface area contributed by atoms with Gasteiger partial charge in [0.1, 0.15) is 6.54 Å². The summed E-state index contributed by atoms with van der Waals surface area (Å²) in [5, 5.41) is 3.47. The maximum absolute atomic E-state index is 10.4. The number of aromatic nitrogens is 1. The summed E-state index contributed by atoms with van der Waals surface area (Å²) in [6.45, 7) is 0.0807. The Kier molecular flexibility index (Phi) is 3.27. The second-order valence-electron chi connectivity index (χ2n) is 3.29. The Bertz CT molecular complexity index is 500. The van der Waals surface area contributed by atoms with Gasteiger partial charge < -0.3 is 0 Å². The molecule has 0 fully saturated rings. The summed E-state index contributed by atoms with van der Waals surface area (Å²) in [5.74, 6) is 0. The van der Waals surface area contributed by atoms with Crippen LogP contribution in [0.4, 0.5) is 0 Å².